The highest BCUT2D eigenvalue weighted by Gasteiger charge is 2.32. The number of carbonyl (C=O) groups excluding carboxylic acids is 2. The van der Waals surface area contributed by atoms with Crippen LogP contribution < -0.4 is 11.1 Å². The third-order valence-electron chi connectivity index (χ3n) is 3.21. The van der Waals surface area contributed by atoms with Crippen LogP contribution in [-0.4, -0.2) is 35.8 Å². The fourth-order valence-corrected chi connectivity index (χ4v) is 2.82. The van der Waals surface area contributed by atoms with Gasteiger partial charge in [0.1, 0.15) is 6.04 Å². The third kappa shape index (κ3) is 3.55. The Morgan fingerprint density at radius 3 is 2.55 bits per heavy atom. The van der Waals surface area contributed by atoms with Crippen LogP contribution >= 0.6 is 23.2 Å². The molecule has 2 rings (SSSR count). The number of halogens is 2. The first-order chi connectivity index (χ1) is 9.47. The summed E-state index contributed by atoms with van der Waals surface area (Å²) in [5.41, 5.74) is 5.94. The van der Waals surface area contributed by atoms with E-state index in [0.717, 1.165) is 6.42 Å². The number of rotatable bonds is 4. The van der Waals surface area contributed by atoms with E-state index in [1.54, 1.807) is 18.2 Å². The number of carbonyl (C=O) groups is 2. The van der Waals surface area contributed by atoms with Crippen molar-refractivity contribution in [3.8, 4) is 0 Å². The van der Waals surface area contributed by atoms with E-state index in [1.165, 1.54) is 4.90 Å². The molecule has 1 saturated heterocycles. The third-order valence-corrected chi connectivity index (χ3v) is 3.64. The van der Waals surface area contributed by atoms with Gasteiger partial charge in [0, 0.05) is 22.3 Å². The van der Waals surface area contributed by atoms with Crippen LogP contribution in [0.25, 0.3) is 0 Å². The average molecular weight is 316 g/mol. The van der Waals surface area contributed by atoms with Crippen LogP contribution in [0.4, 0.5) is 5.69 Å². The van der Waals surface area contributed by atoms with Gasteiger partial charge in [0.2, 0.25) is 11.8 Å². The highest BCUT2D eigenvalue weighted by Crippen LogP contribution is 2.22. The van der Waals surface area contributed by atoms with Gasteiger partial charge in [-0.1, -0.05) is 23.2 Å². The second-order valence-corrected chi connectivity index (χ2v) is 5.53. The zero-order chi connectivity index (χ0) is 14.7. The van der Waals surface area contributed by atoms with Gasteiger partial charge in [-0.2, -0.15) is 0 Å². The van der Waals surface area contributed by atoms with Crippen molar-refractivity contribution in [1.82, 2.24) is 4.90 Å². The van der Waals surface area contributed by atoms with Gasteiger partial charge in [0.15, 0.2) is 0 Å². The number of nitrogens with zero attached hydrogens (tertiary/aromatic N) is 1. The molecule has 1 unspecified atom stereocenters. The lowest BCUT2D eigenvalue weighted by molar-refractivity contribution is -0.135. The van der Waals surface area contributed by atoms with Crippen LogP contribution in [0.5, 0.6) is 0 Å². The molecule has 1 aliphatic heterocycles. The Bertz CT molecular complexity index is 516. The minimum atomic E-state index is -0.493. The number of anilines is 1. The Kier molecular flexibility index (Phi) is 4.73. The molecule has 1 aromatic carbocycles. The predicted octanol–water partition coefficient (Wildman–Crippen LogP) is 1.88. The molecule has 1 fully saturated rings. The summed E-state index contributed by atoms with van der Waals surface area (Å²) in [6, 6.07) is 4.47. The van der Waals surface area contributed by atoms with Crippen molar-refractivity contribution in [2.45, 2.75) is 18.9 Å². The quantitative estimate of drug-likeness (QED) is 0.890. The standard InChI is InChI=1S/C13H15Cl2N3O2/c14-8-4-9(15)6-10(5-8)17-7-12(19)18-3-1-2-11(18)13(16)20/h4-6,11,17H,1-3,7H2,(H2,16,20). The zero-order valence-corrected chi connectivity index (χ0v) is 12.2. The summed E-state index contributed by atoms with van der Waals surface area (Å²) in [5.74, 6) is -0.621. The largest absolute Gasteiger partial charge is 0.376 e. The van der Waals surface area contributed by atoms with Crippen molar-refractivity contribution >= 4 is 40.7 Å². The van der Waals surface area contributed by atoms with Crippen LogP contribution in [0.3, 0.4) is 0 Å². The molecule has 1 atom stereocenters. The molecule has 1 heterocycles. The topological polar surface area (TPSA) is 75.4 Å². The van der Waals surface area contributed by atoms with Gasteiger partial charge in [-0.3, -0.25) is 9.59 Å². The molecule has 1 aromatic rings. The molecule has 3 N–H and O–H groups in total. The average Bonchev–Trinajstić information content (AvgIpc) is 2.84. The number of nitrogens with two attached hydrogens (primary N) is 1. The van der Waals surface area contributed by atoms with Gasteiger partial charge in [0.25, 0.3) is 0 Å². The van der Waals surface area contributed by atoms with Gasteiger partial charge in [-0.25, -0.2) is 0 Å². The molecule has 0 saturated carbocycles. The molecular weight excluding hydrogens is 301 g/mol. The summed E-state index contributed by atoms with van der Waals surface area (Å²) in [6.07, 6.45) is 1.42. The Labute approximate surface area is 127 Å². The summed E-state index contributed by atoms with van der Waals surface area (Å²) >= 11 is 11.8. The molecule has 0 aromatic heterocycles. The fraction of sp³-hybridized carbons (Fsp3) is 0.385. The second kappa shape index (κ2) is 6.33. The molecule has 20 heavy (non-hydrogen) atoms. The van der Waals surface area contributed by atoms with Crippen LogP contribution in [0.15, 0.2) is 18.2 Å². The number of amides is 2. The van der Waals surface area contributed by atoms with Crippen LogP contribution in [-0.2, 0) is 9.59 Å². The molecule has 5 nitrogen and oxygen atoms in total. The van der Waals surface area contributed by atoms with Gasteiger partial charge < -0.3 is 16.0 Å². The molecule has 1 aliphatic rings. The van der Waals surface area contributed by atoms with Gasteiger partial charge in [-0.15, -0.1) is 0 Å². The maximum Gasteiger partial charge on any atom is 0.242 e. The van der Waals surface area contributed by atoms with Crippen molar-refractivity contribution < 1.29 is 9.59 Å². The minimum absolute atomic E-state index is 0.0699. The van der Waals surface area contributed by atoms with Crippen LogP contribution in [0.1, 0.15) is 12.8 Å². The van der Waals surface area contributed by atoms with Gasteiger partial charge in [-0.05, 0) is 31.0 Å². The lowest BCUT2D eigenvalue weighted by Crippen LogP contribution is -2.45. The molecule has 0 spiro atoms. The number of hydrogen-bond acceptors (Lipinski definition) is 3. The molecule has 108 valence electrons. The molecule has 7 heteroatoms. The van der Waals surface area contributed by atoms with E-state index >= 15 is 0 Å². The van der Waals surface area contributed by atoms with E-state index in [2.05, 4.69) is 5.32 Å². The summed E-state index contributed by atoms with van der Waals surface area (Å²) < 4.78 is 0. The van der Waals surface area contributed by atoms with E-state index in [0.29, 0.717) is 28.7 Å². The summed E-state index contributed by atoms with van der Waals surface area (Å²) in [4.78, 5) is 24.9. The summed E-state index contributed by atoms with van der Waals surface area (Å²) in [6.45, 7) is 0.630. The van der Waals surface area contributed by atoms with Crippen molar-refractivity contribution in [2.75, 3.05) is 18.4 Å². The highest BCUT2D eigenvalue weighted by atomic mass is 35.5. The molecule has 0 bridgehead atoms. The van der Waals surface area contributed by atoms with Gasteiger partial charge in [0.05, 0.1) is 6.54 Å². The number of nitrogens with one attached hydrogen (secondary N) is 1. The van der Waals surface area contributed by atoms with E-state index in [9.17, 15) is 9.59 Å². The smallest absolute Gasteiger partial charge is 0.242 e. The first kappa shape index (κ1) is 14.9. The monoisotopic (exact) mass is 315 g/mol. The number of hydrogen-bond donors (Lipinski definition) is 2. The van der Waals surface area contributed by atoms with Crippen molar-refractivity contribution in [2.24, 2.45) is 5.73 Å². The molecule has 0 radical (unpaired) electrons. The second-order valence-electron chi connectivity index (χ2n) is 4.66. The first-order valence-electron chi connectivity index (χ1n) is 6.26. The summed E-state index contributed by atoms with van der Waals surface area (Å²) in [5, 5.41) is 3.93. The fourth-order valence-electron chi connectivity index (χ4n) is 2.30. The normalized spacial score (nSPS) is 18.1. The Hall–Kier alpha value is -1.46. The molecular formula is C13H15Cl2N3O2. The lowest BCUT2D eigenvalue weighted by atomic mass is 10.2. The van der Waals surface area contributed by atoms with Crippen molar-refractivity contribution in [1.29, 1.82) is 0 Å². The number of benzene rings is 1. The lowest BCUT2D eigenvalue weighted by Gasteiger charge is -2.22. The molecule has 0 aliphatic carbocycles. The van der Waals surface area contributed by atoms with Crippen LogP contribution in [0, 0.1) is 0 Å². The SMILES string of the molecule is NC(=O)C1CCCN1C(=O)CNc1cc(Cl)cc(Cl)c1. The van der Waals surface area contributed by atoms with Crippen LogP contribution in [0.2, 0.25) is 10.0 Å². The van der Waals surface area contributed by atoms with Crippen molar-refractivity contribution in [3.63, 3.8) is 0 Å². The Balaban J connectivity index is 1.96. The minimum Gasteiger partial charge on any atom is -0.376 e. The van der Waals surface area contributed by atoms with Crippen molar-refractivity contribution in [3.05, 3.63) is 28.2 Å². The van der Waals surface area contributed by atoms with Gasteiger partial charge >= 0.3 is 0 Å². The number of likely N-dealkylation sites (tertiary alicyclic amines) is 1. The predicted molar refractivity (Wildman–Crippen MR) is 78.9 cm³/mol. The van der Waals surface area contributed by atoms with E-state index in [4.69, 9.17) is 28.9 Å². The molecule has 2 amide bonds. The summed E-state index contributed by atoms with van der Waals surface area (Å²) in [7, 11) is 0. The van der Waals surface area contributed by atoms with E-state index < -0.39 is 11.9 Å². The highest BCUT2D eigenvalue weighted by molar-refractivity contribution is 6.35. The Morgan fingerprint density at radius 1 is 1.30 bits per heavy atom. The maximum atomic E-state index is 12.1. The first-order valence-corrected chi connectivity index (χ1v) is 7.01. The maximum absolute atomic E-state index is 12.1. The zero-order valence-electron chi connectivity index (χ0n) is 10.7. The van der Waals surface area contributed by atoms with E-state index in [-0.39, 0.29) is 12.5 Å². The number of primary amides is 1. The van der Waals surface area contributed by atoms with E-state index in [1.807, 2.05) is 0 Å². The Morgan fingerprint density at radius 2 is 1.95 bits per heavy atom.